The van der Waals surface area contributed by atoms with Crippen molar-refractivity contribution in [2.24, 2.45) is 0 Å². The highest BCUT2D eigenvalue weighted by atomic mass is 16.5. The molecule has 0 unspecified atom stereocenters. The Morgan fingerprint density at radius 3 is 2.64 bits per heavy atom. The fourth-order valence-corrected chi connectivity index (χ4v) is 2.23. The zero-order valence-electron chi connectivity index (χ0n) is 13.9. The minimum absolute atomic E-state index is 0.420. The number of benzene rings is 1. The largest absolute Gasteiger partial charge is 0.465 e. The van der Waals surface area contributed by atoms with Crippen LogP contribution in [0.1, 0.15) is 17.1 Å². The molecule has 1 aromatic carbocycles. The Labute approximate surface area is 145 Å². The van der Waals surface area contributed by atoms with E-state index in [9.17, 15) is 4.79 Å². The summed E-state index contributed by atoms with van der Waals surface area (Å²) in [5, 5.41) is 3.11. The van der Waals surface area contributed by atoms with Gasteiger partial charge in [0, 0.05) is 29.2 Å². The maximum absolute atomic E-state index is 11.9. The Kier molecular flexibility index (Phi) is 4.89. The predicted octanol–water partition coefficient (Wildman–Crippen LogP) is 4.05. The van der Waals surface area contributed by atoms with Gasteiger partial charge in [0.15, 0.2) is 0 Å². The van der Waals surface area contributed by atoms with Gasteiger partial charge >= 0.3 is 5.97 Å². The second kappa shape index (κ2) is 7.44. The van der Waals surface area contributed by atoms with Gasteiger partial charge in [-0.2, -0.15) is 0 Å². The van der Waals surface area contributed by atoms with Gasteiger partial charge in [0.2, 0.25) is 5.95 Å². The Hall–Kier alpha value is -3.41. The van der Waals surface area contributed by atoms with E-state index in [1.807, 2.05) is 26.0 Å². The molecule has 25 heavy (non-hydrogen) atoms. The van der Waals surface area contributed by atoms with E-state index in [0.717, 1.165) is 17.1 Å². The van der Waals surface area contributed by atoms with Crippen molar-refractivity contribution in [3.8, 4) is 5.75 Å². The molecular formula is C19H17N3O3. The Balaban J connectivity index is 1.67. The number of ether oxygens (including phenoxy) is 1. The highest BCUT2D eigenvalue weighted by molar-refractivity contribution is 5.88. The summed E-state index contributed by atoms with van der Waals surface area (Å²) in [6.45, 7) is 3.81. The van der Waals surface area contributed by atoms with E-state index in [1.165, 1.54) is 12.3 Å². The van der Waals surface area contributed by atoms with Crippen molar-refractivity contribution in [2.75, 3.05) is 5.32 Å². The van der Waals surface area contributed by atoms with E-state index >= 15 is 0 Å². The lowest BCUT2D eigenvalue weighted by Gasteiger charge is -2.08. The van der Waals surface area contributed by atoms with Gasteiger partial charge in [-0.1, -0.05) is 6.07 Å². The number of aromatic nitrogens is 2. The highest BCUT2D eigenvalue weighted by Crippen LogP contribution is 2.20. The van der Waals surface area contributed by atoms with Crippen LogP contribution in [-0.2, 0) is 4.79 Å². The first kappa shape index (κ1) is 16.4. The molecule has 0 aliphatic rings. The highest BCUT2D eigenvalue weighted by Gasteiger charge is 2.04. The quantitative estimate of drug-likeness (QED) is 0.430. The number of nitrogens with one attached hydrogen (secondary N) is 1. The van der Waals surface area contributed by atoms with E-state index in [2.05, 4.69) is 15.3 Å². The molecule has 0 radical (unpaired) electrons. The maximum atomic E-state index is 11.9. The molecule has 126 valence electrons. The Bertz CT molecular complexity index is 882. The van der Waals surface area contributed by atoms with Crippen LogP contribution in [0.2, 0.25) is 0 Å². The number of hydrogen-bond acceptors (Lipinski definition) is 6. The van der Waals surface area contributed by atoms with Crippen LogP contribution in [0.3, 0.4) is 0 Å². The van der Waals surface area contributed by atoms with E-state index in [4.69, 9.17) is 9.15 Å². The van der Waals surface area contributed by atoms with Gasteiger partial charge < -0.3 is 14.5 Å². The number of carbonyl (C=O) groups excluding carboxylic acids is 1. The molecule has 1 N–H and O–H groups in total. The number of carbonyl (C=O) groups is 1. The number of rotatable bonds is 5. The predicted molar refractivity (Wildman–Crippen MR) is 94.6 cm³/mol. The first-order valence-corrected chi connectivity index (χ1v) is 7.71. The van der Waals surface area contributed by atoms with Crippen LogP contribution < -0.4 is 10.1 Å². The van der Waals surface area contributed by atoms with Gasteiger partial charge in [-0.05, 0) is 50.3 Å². The first-order chi connectivity index (χ1) is 12.1. The number of aryl methyl sites for hydroxylation is 2. The zero-order valence-corrected chi connectivity index (χ0v) is 13.9. The van der Waals surface area contributed by atoms with Crippen molar-refractivity contribution in [3.63, 3.8) is 0 Å². The summed E-state index contributed by atoms with van der Waals surface area (Å²) in [7, 11) is 0. The third-order valence-electron chi connectivity index (χ3n) is 3.22. The molecule has 0 saturated carbocycles. The summed E-state index contributed by atoms with van der Waals surface area (Å²) in [5.41, 5.74) is 2.48. The molecule has 3 rings (SSSR count). The maximum Gasteiger partial charge on any atom is 0.336 e. The van der Waals surface area contributed by atoms with Crippen LogP contribution in [0, 0.1) is 13.8 Å². The molecule has 2 aromatic heterocycles. The van der Waals surface area contributed by atoms with Crippen molar-refractivity contribution >= 4 is 23.7 Å². The van der Waals surface area contributed by atoms with Crippen molar-refractivity contribution in [1.29, 1.82) is 0 Å². The van der Waals surface area contributed by atoms with Gasteiger partial charge in [-0.3, -0.25) is 0 Å². The van der Waals surface area contributed by atoms with E-state index < -0.39 is 5.97 Å². The third-order valence-corrected chi connectivity index (χ3v) is 3.22. The molecule has 0 saturated heterocycles. The van der Waals surface area contributed by atoms with E-state index in [0.29, 0.717) is 17.5 Å². The van der Waals surface area contributed by atoms with E-state index in [-0.39, 0.29) is 0 Å². The second-order valence-electron chi connectivity index (χ2n) is 5.40. The van der Waals surface area contributed by atoms with Gasteiger partial charge in [0.1, 0.15) is 11.5 Å². The number of nitrogens with zero attached hydrogens (tertiary/aromatic N) is 2. The molecular weight excluding hydrogens is 318 g/mol. The summed E-state index contributed by atoms with van der Waals surface area (Å²) < 4.78 is 10.4. The van der Waals surface area contributed by atoms with Crippen molar-refractivity contribution in [3.05, 3.63) is 72.0 Å². The van der Waals surface area contributed by atoms with Gasteiger partial charge in [0.25, 0.3) is 0 Å². The van der Waals surface area contributed by atoms with Crippen LogP contribution in [0.25, 0.3) is 6.08 Å². The lowest BCUT2D eigenvalue weighted by Crippen LogP contribution is -2.04. The van der Waals surface area contributed by atoms with Crippen molar-refractivity contribution in [2.45, 2.75) is 13.8 Å². The number of esters is 1. The van der Waals surface area contributed by atoms with Gasteiger partial charge in [-0.25, -0.2) is 14.8 Å². The molecule has 2 heterocycles. The molecule has 0 spiro atoms. The molecule has 0 fully saturated rings. The smallest absolute Gasteiger partial charge is 0.336 e. The average Bonchev–Trinajstić information content (AvgIpc) is 3.06. The molecule has 3 aromatic rings. The van der Waals surface area contributed by atoms with Gasteiger partial charge in [0.05, 0.1) is 6.26 Å². The number of anilines is 2. The SMILES string of the molecule is Cc1cc(C)nc(Nc2cccc(OC(=O)/C=C/c3ccco3)c2)n1. The fraction of sp³-hybridized carbons (Fsp3) is 0.105. The molecule has 0 amide bonds. The van der Waals surface area contributed by atoms with E-state index in [1.54, 1.807) is 36.4 Å². The second-order valence-corrected chi connectivity index (χ2v) is 5.40. The summed E-state index contributed by atoms with van der Waals surface area (Å²) in [5.74, 6) is 1.01. The number of hydrogen-bond donors (Lipinski definition) is 1. The van der Waals surface area contributed by atoms with Crippen molar-refractivity contribution < 1.29 is 13.9 Å². The molecule has 6 nitrogen and oxygen atoms in total. The molecule has 0 aliphatic heterocycles. The minimum Gasteiger partial charge on any atom is -0.465 e. The topological polar surface area (TPSA) is 77.3 Å². The van der Waals surface area contributed by atoms with Crippen LogP contribution in [-0.4, -0.2) is 15.9 Å². The minimum atomic E-state index is -0.490. The van der Waals surface area contributed by atoms with Crippen LogP contribution >= 0.6 is 0 Å². The Morgan fingerprint density at radius 1 is 1.12 bits per heavy atom. The zero-order chi connectivity index (χ0) is 17.6. The summed E-state index contributed by atoms with van der Waals surface area (Å²) in [6.07, 6.45) is 4.40. The monoisotopic (exact) mass is 335 g/mol. The number of furan rings is 1. The molecule has 0 atom stereocenters. The van der Waals surface area contributed by atoms with Crippen LogP contribution in [0.15, 0.2) is 59.2 Å². The average molecular weight is 335 g/mol. The van der Waals surface area contributed by atoms with Crippen molar-refractivity contribution in [1.82, 2.24) is 9.97 Å². The lowest BCUT2D eigenvalue weighted by atomic mass is 10.3. The Morgan fingerprint density at radius 2 is 1.92 bits per heavy atom. The fourth-order valence-electron chi connectivity index (χ4n) is 2.23. The molecule has 0 aliphatic carbocycles. The van der Waals surface area contributed by atoms with Crippen LogP contribution in [0.4, 0.5) is 11.6 Å². The summed E-state index contributed by atoms with van der Waals surface area (Å²) in [6, 6.07) is 12.4. The first-order valence-electron chi connectivity index (χ1n) is 7.71. The summed E-state index contributed by atoms with van der Waals surface area (Å²) >= 11 is 0. The lowest BCUT2D eigenvalue weighted by molar-refractivity contribution is -0.128. The standard InChI is InChI=1S/C19H17N3O3/c1-13-11-14(2)21-19(20-13)22-15-5-3-6-17(12-15)25-18(23)9-8-16-7-4-10-24-16/h3-12H,1-2H3,(H,20,21,22)/b9-8+. The van der Waals surface area contributed by atoms with Gasteiger partial charge in [-0.15, -0.1) is 0 Å². The molecule has 6 heteroatoms. The third kappa shape index (κ3) is 4.78. The summed E-state index contributed by atoms with van der Waals surface area (Å²) in [4.78, 5) is 20.5. The normalized spacial score (nSPS) is 10.8. The molecule has 0 bridgehead atoms. The van der Waals surface area contributed by atoms with Crippen LogP contribution in [0.5, 0.6) is 5.75 Å².